The van der Waals surface area contributed by atoms with E-state index in [0.29, 0.717) is 11.3 Å². The number of aliphatic hydroxyl groups excluding tert-OH is 1. The van der Waals surface area contributed by atoms with Gasteiger partial charge in [-0.2, -0.15) is 0 Å². The number of hydrogen-bond donors (Lipinski definition) is 1. The first-order chi connectivity index (χ1) is 6.29. The highest BCUT2D eigenvalue weighted by Gasteiger charge is 2.22. The normalized spacial score (nSPS) is 21.0. The largest absolute Gasteiger partial charge is 0.485 e. The van der Waals surface area contributed by atoms with E-state index < -0.39 is 0 Å². The molecular formula is C10H14O3. The maximum atomic E-state index is 11.1. The quantitative estimate of drug-likeness (QED) is 0.620. The molecule has 0 atom stereocenters. The molecule has 3 heteroatoms. The molecule has 1 N–H and O–H groups in total. The van der Waals surface area contributed by atoms with Crippen molar-refractivity contribution in [2.45, 2.75) is 6.92 Å². The van der Waals surface area contributed by atoms with Crippen LogP contribution in [0, 0.1) is 0 Å². The second-order valence-corrected chi connectivity index (χ2v) is 2.18. The van der Waals surface area contributed by atoms with E-state index in [1.807, 2.05) is 6.92 Å². The smallest absolute Gasteiger partial charge is 0.203 e. The molecule has 0 amide bonds. The summed E-state index contributed by atoms with van der Waals surface area (Å²) in [6, 6.07) is 0. The average molecular weight is 182 g/mol. The van der Waals surface area contributed by atoms with Gasteiger partial charge in [0.2, 0.25) is 5.78 Å². The van der Waals surface area contributed by atoms with Crippen LogP contribution in [-0.4, -0.2) is 24.6 Å². The Hall–Kier alpha value is -1.35. The van der Waals surface area contributed by atoms with Crippen molar-refractivity contribution < 1.29 is 14.6 Å². The van der Waals surface area contributed by atoms with E-state index >= 15 is 0 Å². The van der Waals surface area contributed by atoms with Gasteiger partial charge in [0.1, 0.15) is 5.76 Å². The highest BCUT2D eigenvalue weighted by Crippen LogP contribution is 2.19. The lowest BCUT2D eigenvalue weighted by Crippen LogP contribution is -1.96. The lowest BCUT2D eigenvalue weighted by molar-refractivity contribution is -0.115. The van der Waals surface area contributed by atoms with Gasteiger partial charge in [0.25, 0.3) is 0 Å². The van der Waals surface area contributed by atoms with Gasteiger partial charge in [0.05, 0.1) is 5.57 Å². The first kappa shape index (κ1) is 11.6. The Morgan fingerprint density at radius 1 is 1.54 bits per heavy atom. The van der Waals surface area contributed by atoms with Crippen molar-refractivity contribution in [2.24, 2.45) is 0 Å². The van der Waals surface area contributed by atoms with Gasteiger partial charge in [0, 0.05) is 7.11 Å². The van der Waals surface area contributed by atoms with Crippen LogP contribution in [0.1, 0.15) is 6.92 Å². The van der Waals surface area contributed by atoms with E-state index in [4.69, 9.17) is 9.84 Å². The van der Waals surface area contributed by atoms with Crippen molar-refractivity contribution in [3.63, 3.8) is 0 Å². The molecule has 72 valence electrons. The van der Waals surface area contributed by atoms with Crippen LogP contribution >= 0.6 is 0 Å². The number of Topliss-reactive ketones (excluding diaryl/α,β-unsaturated/α-hetero) is 1. The molecule has 1 fully saturated rings. The lowest BCUT2D eigenvalue weighted by atomic mass is 10.1. The molecule has 0 aliphatic carbocycles. The molecule has 0 radical (unpaired) electrons. The Bertz CT molecular complexity index is 249. The molecule has 13 heavy (non-hydrogen) atoms. The topological polar surface area (TPSA) is 46.5 Å². The van der Waals surface area contributed by atoms with E-state index in [9.17, 15) is 4.79 Å². The minimum Gasteiger partial charge on any atom is -0.485 e. The van der Waals surface area contributed by atoms with E-state index in [1.165, 1.54) is 0 Å². The van der Waals surface area contributed by atoms with Crippen molar-refractivity contribution in [3.05, 3.63) is 36.1 Å². The SMILES string of the molecule is C=C/C=C1/C(=O)CO/C1=C/C.CO. The van der Waals surface area contributed by atoms with Gasteiger partial charge in [-0.15, -0.1) is 0 Å². The summed E-state index contributed by atoms with van der Waals surface area (Å²) in [6.45, 7) is 5.52. The number of rotatable bonds is 1. The minimum atomic E-state index is 0.0259. The fraction of sp³-hybridized carbons (Fsp3) is 0.300. The van der Waals surface area contributed by atoms with Crippen molar-refractivity contribution in [1.29, 1.82) is 0 Å². The summed E-state index contributed by atoms with van der Waals surface area (Å²) in [7, 11) is 1.00. The number of hydrogen-bond acceptors (Lipinski definition) is 3. The number of carbonyl (C=O) groups is 1. The first-order valence-electron chi connectivity index (χ1n) is 3.89. The molecule has 1 aliphatic heterocycles. The Balaban J connectivity index is 0.000000671. The Labute approximate surface area is 78.0 Å². The summed E-state index contributed by atoms with van der Waals surface area (Å²) in [5.41, 5.74) is 0.627. The standard InChI is InChI=1S/C9H10O2.CH4O/c1-3-5-7-8(10)6-11-9(7)4-2;1-2/h3-5H,1,6H2,2H3;2H,1H3/b7-5-,9-4+;. The molecule has 0 aromatic rings. The predicted octanol–water partition coefficient (Wildman–Crippen LogP) is 1.21. The third-order valence-electron chi connectivity index (χ3n) is 1.47. The molecule has 0 aromatic carbocycles. The molecule has 1 saturated heterocycles. The molecule has 0 saturated carbocycles. The molecule has 3 nitrogen and oxygen atoms in total. The van der Waals surface area contributed by atoms with Gasteiger partial charge < -0.3 is 9.84 Å². The van der Waals surface area contributed by atoms with Crippen LogP contribution in [0.25, 0.3) is 0 Å². The maximum absolute atomic E-state index is 11.1. The molecule has 0 spiro atoms. The van der Waals surface area contributed by atoms with E-state index in [0.717, 1.165) is 7.11 Å². The van der Waals surface area contributed by atoms with E-state index in [1.54, 1.807) is 18.2 Å². The second kappa shape index (κ2) is 6.20. The van der Waals surface area contributed by atoms with Crippen molar-refractivity contribution in [1.82, 2.24) is 0 Å². The number of aliphatic hydroxyl groups is 1. The van der Waals surface area contributed by atoms with Crippen LogP contribution in [0.4, 0.5) is 0 Å². The summed E-state index contributed by atoms with van der Waals surface area (Å²) in [5, 5.41) is 7.00. The van der Waals surface area contributed by atoms with Crippen molar-refractivity contribution in [2.75, 3.05) is 13.7 Å². The fourth-order valence-corrected chi connectivity index (χ4v) is 0.968. The Morgan fingerprint density at radius 2 is 2.15 bits per heavy atom. The van der Waals surface area contributed by atoms with Gasteiger partial charge in [-0.25, -0.2) is 0 Å². The highest BCUT2D eigenvalue weighted by molar-refractivity contribution is 6.02. The Morgan fingerprint density at radius 3 is 2.62 bits per heavy atom. The summed E-state index contributed by atoms with van der Waals surface area (Å²) in [5.74, 6) is 0.688. The highest BCUT2D eigenvalue weighted by atomic mass is 16.5. The number of ketones is 1. The first-order valence-corrected chi connectivity index (χ1v) is 3.89. The maximum Gasteiger partial charge on any atom is 0.203 e. The third kappa shape index (κ3) is 2.87. The molecule has 1 heterocycles. The number of carbonyl (C=O) groups excluding carboxylic acids is 1. The summed E-state index contributed by atoms with van der Waals surface area (Å²) >= 11 is 0. The molecule has 0 unspecified atom stereocenters. The van der Waals surface area contributed by atoms with Gasteiger partial charge in [0.15, 0.2) is 6.61 Å². The number of allylic oxidation sites excluding steroid dienone is 4. The van der Waals surface area contributed by atoms with Crippen LogP contribution in [0.3, 0.4) is 0 Å². The minimum absolute atomic E-state index is 0.0259. The van der Waals surface area contributed by atoms with Crippen LogP contribution in [-0.2, 0) is 9.53 Å². The average Bonchev–Trinajstić information content (AvgIpc) is 2.52. The molecule has 1 rings (SSSR count). The van der Waals surface area contributed by atoms with Gasteiger partial charge in [-0.3, -0.25) is 4.79 Å². The molecular weight excluding hydrogens is 168 g/mol. The van der Waals surface area contributed by atoms with E-state index in [-0.39, 0.29) is 12.4 Å². The van der Waals surface area contributed by atoms with Gasteiger partial charge in [-0.1, -0.05) is 12.7 Å². The van der Waals surface area contributed by atoms with Gasteiger partial charge >= 0.3 is 0 Å². The molecule has 0 aromatic heterocycles. The van der Waals surface area contributed by atoms with E-state index in [2.05, 4.69) is 6.58 Å². The zero-order valence-corrected chi connectivity index (χ0v) is 7.91. The zero-order chi connectivity index (χ0) is 10.3. The number of ether oxygens (including phenoxy) is 1. The van der Waals surface area contributed by atoms with Crippen molar-refractivity contribution >= 4 is 5.78 Å². The summed E-state index contributed by atoms with van der Waals surface area (Å²) in [6.07, 6.45) is 5.04. The molecule has 1 aliphatic rings. The Kier molecular flexibility index (Phi) is 5.55. The zero-order valence-electron chi connectivity index (χ0n) is 7.91. The third-order valence-corrected chi connectivity index (χ3v) is 1.47. The van der Waals surface area contributed by atoms with Crippen LogP contribution in [0.2, 0.25) is 0 Å². The molecule has 0 bridgehead atoms. The van der Waals surface area contributed by atoms with Crippen LogP contribution < -0.4 is 0 Å². The van der Waals surface area contributed by atoms with Crippen LogP contribution in [0.5, 0.6) is 0 Å². The van der Waals surface area contributed by atoms with Crippen molar-refractivity contribution in [3.8, 4) is 0 Å². The van der Waals surface area contributed by atoms with Crippen LogP contribution in [0.15, 0.2) is 36.1 Å². The monoisotopic (exact) mass is 182 g/mol. The summed E-state index contributed by atoms with van der Waals surface area (Å²) in [4.78, 5) is 11.1. The fourth-order valence-electron chi connectivity index (χ4n) is 0.968. The lowest BCUT2D eigenvalue weighted by Gasteiger charge is -1.93. The predicted molar refractivity (Wildman–Crippen MR) is 51.1 cm³/mol. The van der Waals surface area contributed by atoms with Gasteiger partial charge in [-0.05, 0) is 19.1 Å². The summed E-state index contributed by atoms with van der Waals surface area (Å²) < 4.78 is 5.08. The second-order valence-electron chi connectivity index (χ2n) is 2.18.